The molecule has 0 aliphatic heterocycles. The summed E-state index contributed by atoms with van der Waals surface area (Å²) in [5.41, 5.74) is 0.571. The van der Waals surface area contributed by atoms with Gasteiger partial charge in [-0.2, -0.15) is 0 Å². The van der Waals surface area contributed by atoms with Gasteiger partial charge in [0.1, 0.15) is 5.75 Å². The maximum absolute atomic E-state index is 11.7. The van der Waals surface area contributed by atoms with Crippen LogP contribution in [0.1, 0.15) is 17.3 Å². The number of carbonyl (C=O) groups is 1. The maximum Gasteiger partial charge on any atom is 0.177 e. The van der Waals surface area contributed by atoms with E-state index in [9.17, 15) is 9.90 Å². The predicted molar refractivity (Wildman–Crippen MR) is 62.6 cm³/mol. The summed E-state index contributed by atoms with van der Waals surface area (Å²) in [4.78, 5) is 12.4. The highest BCUT2D eigenvalue weighted by atomic mass is 79.9. The van der Waals surface area contributed by atoms with E-state index in [1.54, 1.807) is 19.1 Å². The second-order valence-corrected chi connectivity index (χ2v) is 5.09. The van der Waals surface area contributed by atoms with Gasteiger partial charge in [-0.25, -0.2) is 0 Å². The van der Waals surface area contributed by atoms with Crippen molar-refractivity contribution in [2.24, 2.45) is 0 Å². The molecule has 1 atom stereocenters. The first kappa shape index (κ1) is 11.6. The number of halogens is 1. The van der Waals surface area contributed by atoms with Gasteiger partial charge in [-0.3, -0.25) is 4.79 Å². The first-order valence-corrected chi connectivity index (χ1v) is 6.25. The molecule has 14 heavy (non-hydrogen) atoms. The lowest BCUT2D eigenvalue weighted by Crippen LogP contribution is -2.10. The van der Waals surface area contributed by atoms with Crippen molar-refractivity contribution in [1.29, 1.82) is 0 Å². The Morgan fingerprint density at radius 1 is 1.57 bits per heavy atom. The van der Waals surface area contributed by atoms with E-state index in [1.807, 2.05) is 6.26 Å². The Morgan fingerprint density at radius 2 is 2.21 bits per heavy atom. The molecule has 2 nitrogen and oxygen atoms in total. The third-order valence-electron chi connectivity index (χ3n) is 1.81. The molecule has 0 fully saturated rings. The Bertz CT molecular complexity index is 350. The fraction of sp³-hybridized carbons (Fsp3) is 0.300. The average Bonchev–Trinajstić information content (AvgIpc) is 2.16. The third kappa shape index (κ3) is 2.51. The number of thioether (sulfide) groups is 1. The Hall–Kier alpha value is -0.480. The number of hydrogen-bond acceptors (Lipinski definition) is 3. The fourth-order valence-electron chi connectivity index (χ4n) is 1.10. The summed E-state index contributed by atoms with van der Waals surface area (Å²) in [5.74, 6) is 0.115. The van der Waals surface area contributed by atoms with Crippen LogP contribution in [0.5, 0.6) is 5.75 Å². The number of Topliss-reactive ketones (excluding diaryl/α,β-unsaturated/α-hetero) is 1. The van der Waals surface area contributed by atoms with E-state index < -0.39 is 0 Å². The first-order valence-electron chi connectivity index (χ1n) is 4.11. The minimum Gasteiger partial charge on any atom is -0.508 e. The van der Waals surface area contributed by atoms with E-state index in [2.05, 4.69) is 15.9 Å². The summed E-state index contributed by atoms with van der Waals surface area (Å²) in [7, 11) is 0. The molecule has 0 saturated heterocycles. The Labute approximate surface area is 95.8 Å². The first-order chi connectivity index (χ1) is 6.56. The van der Waals surface area contributed by atoms with Gasteiger partial charge in [0.05, 0.1) is 4.83 Å². The standard InChI is InChI=1S/C10H11BrO2S/c1-6(11)10(13)8-5-7(12)3-4-9(8)14-2/h3-6,12H,1-2H3. The van der Waals surface area contributed by atoms with Crippen molar-refractivity contribution in [3.63, 3.8) is 0 Å². The molecule has 0 heterocycles. The van der Waals surface area contributed by atoms with Crippen molar-refractivity contribution >= 4 is 33.5 Å². The molecule has 1 rings (SSSR count). The van der Waals surface area contributed by atoms with E-state index in [0.717, 1.165) is 4.90 Å². The summed E-state index contributed by atoms with van der Waals surface area (Å²) >= 11 is 4.72. The van der Waals surface area contributed by atoms with Crippen LogP contribution in [-0.4, -0.2) is 22.0 Å². The molecule has 0 radical (unpaired) electrons. The second kappa shape index (κ2) is 4.84. The lowest BCUT2D eigenvalue weighted by molar-refractivity contribution is 0.0992. The molecule has 0 spiro atoms. The molecule has 0 amide bonds. The van der Waals surface area contributed by atoms with Crippen molar-refractivity contribution in [3.05, 3.63) is 23.8 Å². The molecule has 1 aromatic rings. The molecule has 4 heteroatoms. The van der Waals surface area contributed by atoms with Gasteiger partial charge in [-0.15, -0.1) is 11.8 Å². The topological polar surface area (TPSA) is 37.3 Å². The molecule has 1 unspecified atom stereocenters. The molecular formula is C10H11BrO2S. The monoisotopic (exact) mass is 274 g/mol. The molecule has 0 saturated carbocycles. The summed E-state index contributed by atoms with van der Waals surface area (Å²) in [6, 6.07) is 4.84. The number of phenolic OH excluding ortho intramolecular Hbond substituents is 1. The van der Waals surface area contributed by atoms with Crippen molar-refractivity contribution < 1.29 is 9.90 Å². The quantitative estimate of drug-likeness (QED) is 0.523. The second-order valence-electron chi connectivity index (χ2n) is 2.86. The van der Waals surface area contributed by atoms with Gasteiger partial charge in [0.15, 0.2) is 5.78 Å². The maximum atomic E-state index is 11.7. The van der Waals surface area contributed by atoms with E-state index in [0.29, 0.717) is 5.56 Å². The molecule has 0 aliphatic carbocycles. The number of carbonyl (C=O) groups excluding carboxylic acids is 1. The normalized spacial score (nSPS) is 12.5. The van der Waals surface area contributed by atoms with E-state index in [-0.39, 0.29) is 16.4 Å². The van der Waals surface area contributed by atoms with E-state index in [4.69, 9.17) is 0 Å². The van der Waals surface area contributed by atoms with Crippen molar-refractivity contribution in [2.75, 3.05) is 6.26 Å². The molecule has 0 aliphatic rings. The van der Waals surface area contributed by atoms with Gasteiger partial charge in [0, 0.05) is 10.5 Å². The number of alkyl halides is 1. The molecule has 0 bridgehead atoms. The third-order valence-corrected chi connectivity index (χ3v) is 3.02. The zero-order chi connectivity index (χ0) is 10.7. The van der Waals surface area contributed by atoms with Gasteiger partial charge in [-0.05, 0) is 31.4 Å². The van der Waals surface area contributed by atoms with Gasteiger partial charge in [-0.1, -0.05) is 15.9 Å². The number of aromatic hydroxyl groups is 1. The van der Waals surface area contributed by atoms with Crippen LogP contribution in [-0.2, 0) is 0 Å². The smallest absolute Gasteiger partial charge is 0.177 e. The number of ketones is 1. The molecular weight excluding hydrogens is 264 g/mol. The molecule has 1 N–H and O–H groups in total. The molecule has 1 aromatic carbocycles. The van der Waals surface area contributed by atoms with Crippen LogP contribution >= 0.6 is 27.7 Å². The van der Waals surface area contributed by atoms with Crippen LogP contribution in [0.15, 0.2) is 23.1 Å². The lowest BCUT2D eigenvalue weighted by atomic mass is 10.1. The van der Waals surface area contributed by atoms with Crippen LogP contribution in [0, 0.1) is 0 Å². The Kier molecular flexibility index (Phi) is 4.01. The van der Waals surface area contributed by atoms with Gasteiger partial charge in [0.2, 0.25) is 0 Å². The zero-order valence-electron chi connectivity index (χ0n) is 7.95. The van der Waals surface area contributed by atoms with E-state index >= 15 is 0 Å². The highest BCUT2D eigenvalue weighted by Crippen LogP contribution is 2.26. The SMILES string of the molecule is CSc1ccc(O)cc1C(=O)C(C)Br. The predicted octanol–water partition coefficient (Wildman–Crippen LogP) is 3.08. The fourth-order valence-corrected chi connectivity index (χ4v) is 1.93. The summed E-state index contributed by atoms with van der Waals surface area (Å²) in [6.45, 7) is 1.77. The van der Waals surface area contributed by atoms with Crippen LogP contribution in [0.2, 0.25) is 0 Å². The molecule has 76 valence electrons. The van der Waals surface area contributed by atoms with E-state index in [1.165, 1.54) is 17.8 Å². The number of rotatable bonds is 3. The summed E-state index contributed by atoms with van der Waals surface area (Å²) in [6.07, 6.45) is 1.90. The zero-order valence-corrected chi connectivity index (χ0v) is 10.4. The Balaban J connectivity index is 3.17. The van der Waals surface area contributed by atoms with Gasteiger partial charge in [0.25, 0.3) is 0 Å². The summed E-state index contributed by atoms with van der Waals surface area (Å²) < 4.78 is 0. The van der Waals surface area contributed by atoms with Crippen molar-refractivity contribution in [1.82, 2.24) is 0 Å². The average molecular weight is 275 g/mol. The van der Waals surface area contributed by atoms with Crippen LogP contribution in [0.25, 0.3) is 0 Å². The number of phenols is 1. The van der Waals surface area contributed by atoms with Gasteiger partial charge >= 0.3 is 0 Å². The van der Waals surface area contributed by atoms with Crippen molar-refractivity contribution in [2.45, 2.75) is 16.6 Å². The number of hydrogen-bond donors (Lipinski definition) is 1. The highest BCUT2D eigenvalue weighted by molar-refractivity contribution is 9.10. The van der Waals surface area contributed by atoms with Crippen molar-refractivity contribution in [3.8, 4) is 5.75 Å². The Morgan fingerprint density at radius 3 is 2.71 bits per heavy atom. The molecule has 0 aromatic heterocycles. The minimum absolute atomic E-state index is 0.00903. The van der Waals surface area contributed by atoms with Gasteiger partial charge < -0.3 is 5.11 Å². The minimum atomic E-state index is -0.227. The largest absolute Gasteiger partial charge is 0.508 e. The van der Waals surface area contributed by atoms with Crippen LogP contribution < -0.4 is 0 Å². The lowest BCUT2D eigenvalue weighted by Gasteiger charge is -2.08. The summed E-state index contributed by atoms with van der Waals surface area (Å²) in [5, 5.41) is 9.29. The number of benzene rings is 1. The van der Waals surface area contributed by atoms with Crippen LogP contribution in [0.4, 0.5) is 0 Å². The highest BCUT2D eigenvalue weighted by Gasteiger charge is 2.16. The van der Waals surface area contributed by atoms with Crippen LogP contribution in [0.3, 0.4) is 0 Å².